The largest absolute Gasteiger partial charge is 0.497 e. The number of anilines is 1. The Bertz CT molecular complexity index is 937. The van der Waals surface area contributed by atoms with Crippen LogP contribution in [0.3, 0.4) is 0 Å². The van der Waals surface area contributed by atoms with Gasteiger partial charge in [-0.3, -0.25) is 4.79 Å². The lowest BCUT2D eigenvalue weighted by molar-refractivity contribution is -0.131. The zero-order valence-electron chi connectivity index (χ0n) is 15.7. The first-order chi connectivity index (χ1) is 13.7. The number of carbonyl (C=O) groups excluding carboxylic acids is 1. The summed E-state index contributed by atoms with van der Waals surface area (Å²) >= 11 is 1.57. The van der Waals surface area contributed by atoms with Crippen molar-refractivity contribution >= 4 is 29.0 Å². The van der Waals surface area contributed by atoms with Crippen molar-refractivity contribution in [3.63, 3.8) is 0 Å². The van der Waals surface area contributed by atoms with Crippen LogP contribution >= 0.6 is 11.8 Å². The van der Waals surface area contributed by atoms with E-state index in [1.807, 2.05) is 29.2 Å². The Labute approximate surface area is 167 Å². The maximum atomic E-state index is 12.5. The van der Waals surface area contributed by atoms with Crippen LogP contribution in [0, 0.1) is 0 Å². The van der Waals surface area contributed by atoms with E-state index < -0.39 is 0 Å². The molecule has 1 saturated heterocycles. The molecule has 8 nitrogen and oxygen atoms in total. The Balaban J connectivity index is 1.23. The van der Waals surface area contributed by atoms with Crippen LogP contribution in [0.5, 0.6) is 5.75 Å². The van der Waals surface area contributed by atoms with Gasteiger partial charge >= 0.3 is 0 Å². The number of ether oxygens (including phenoxy) is 1. The number of hydrogen-bond acceptors (Lipinski definition) is 7. The van der Waals surface area contributed by atoms with E-state index in [-0.39, 0.29) is 5.91 Å². The molecule has 3 heterocycles. The second kappa shape index (κ2) is 8.47. The van der Waals surface area contributed by atoms with Gasteiger partial charge in [0.2, 0.25) is 5.91 Å². The minimum absolute atomic E-state index is 0.201. The van der Waals surface area contributed by atoms with Gasteiger partial charge in [0.15, 0.2) is 5.65 Å². The van der Waals surface area contributed by atoms with Crippen LogP contribution in [0.25, 0.3) is 5.65 Å². The number of rotatable bonds is 6. The van der Waals surface area contributed by atoms with Gasteiger partial charge in [0, 0.05) is 44.0 Å². The van der Waals surface area contributed by atoms with E-state index in [1.165, 1.54) is 5.69 Å². The topological polar surface area (TPSA) is 75.9 Å². The van der Waals surface area contributed by atoms with Gasteiger partial charge in [0.25, 0.3) is 0 Å². The van der Waals surface area contributed by atoms with E-state index in [0.717, 1.165) is 42.6 Å². The summed E-state index contributed by atoms with van der Waals surface area (Å²) < 4.78 is 6.85. The smallest absolute Gasteiger partial charge is 0.223 e. The molecule has 0 bridgehead atoms. The predicted octanol–water partition coefficient (Wildman–Crippen LogP) is 1.96. The molecule has 146 valence electrons. The van der Waals surface area contributed by atoms with Gasteiger partial charge < -0.3 is 14.5 Å². The van der Waals surface area contributed by atoms with Crippen LogP contribution in [0.2, 0.25) is 0 Å². The maximum absolute atomic E-state index is 12.5. The normalized spacial score (nSPS) is 14.5. The molecule has 1 aromatic carbocycles. The average Bonchev–Trinajstić information content (AvgIpc) is 3.22. The SMILES string of the molecule is COc1ccc(N2CCN(C(=O)CCSc3ccc4nncn4n3)CC2)cc1. The van der Waals surface area contributed by atoms with Crippen LogP contribution in [0.1, 0.15) is 6.42 Å². The summed E-state index contributed by atoms with van der Waals surface area (Å²) in [7, 11) is 1.67. The first-order valence-electron chi connectivity index (χ1n) is 9.19. The third kappa shape index (κ3) is 4.19. The Morgan fingerprint density at radius 2 is 1.89 bits per heavy atom. The molecule has 1 aliphatic heterocycles. The Morgan fingerprint density at radius 3 is 2.64 bits per heavy atom. The summed E-state index contributed by atoms with van der Waals surface area (Å²) in [5.74, 6) is 1.76. The molecular formula is C19H22N6O2S. The molecule has 3 aromatic rings. The summed E-state index contributed by atoms with van der Waals surface area (Å²) in [5.41, 5.74) is 1.88. The molecule has 2 aromatic heterocycles. The highest BCUT2D eigenvalue weighted by Gasteiger charge is 2.21. The molecule has 0 unspecified atom stereocenters. The zero-order valence-corrected chi connectivity index (χ0v) is 16.5. The molecule has 0 aliphatic carbocycles. The van der Waals surface area contributed by atoms with Crippen molar-refractivity contribution in [1.82, 2.24) is 24.7 Å². The number of amides is 1. The summed E-state index contributed by atoms with van der Waals surface area (Å²) in [6.07, 6.45) is 2.09. The zero-order chi connectivity index (χ0) is 19.3. The number of hydrogen-bond donors (Lipinski definition) is 0. The number of carbonyl (C=O) groups is 1. The van der Waals surface area contributed by atoms with Crippen molar-refractivity contribution < 1.29 is 9.53 Å². The first kappa shape index (κ1) is 18.5. The highest BCUT2D eigenvalue weighted by molar-refractivity contribution is 7.99. The highest BCUT2D eigenvalue weighted by Crippen LogP contribution is 2.21. The number of nitrogens with zero attached hydrogens (tertiary/aromatic N) is 6. The monoisotopic (exact) mass is 398 g/mol. The number of aromatic nitrogens is 4. The second-order valence-corrected chi connectivity index (χ2v) is 7.58. The van der Waals surface area contributed by atoms with Crippen LogP contribution < -0.4 is 9.64 Å². The van der Waals surface area contributed by atoms with E-state index in [1.54, 1.807) is 29.7 Å². The lowest BCUT2D eigenvalue weighted by atomic mass is 10.2. The third-order valence-corrected chi connectivity index (χ3v) is 5.69. The molecule has 0 N–H and O–H groups in total. The molecule has 0 spiro atoms. The van der Waals surface area contributed by atoms with E-state index in [2.05, 4.69) is 32.3 Å². The van der Waals surface area contributed by atoms with Crippen molar-refractivity contribution in [2.75, 3.05) is 43.9 Å². The van der Waals surface area contributed by atoms with Crippen molar-refractivity contribution in [2.45, 2.75) is 11.4 Å². The maximum Gasteiger partial charge on any atom is 0.223 e. The molecule has 1 amide bonds. The highest BCUT2D eigenvalue weighted by atomic mass is 32.2. The fourth-order valence-corrected chi connectivity index (χ4v) is 3.99. The fourth-order valence-electron chi connectivity index (χ4n) is 3.20. The number of thioether (sulfide) groups is 1. The van der Waals surface area contributed by atoms with Gasteiger partial charge in [0.05, 0.1) is 7.11 Å². The van der Waals surface area contributed by atoms with Crippen LogP contribution in [0.15, 0.2) is 47.8 Å². The molecule has 1 aliphatic rings. The molecular weight excluding hydrogens is 376 g/mol. The summed E-state index contributed by atoms with van der Waals surface area (Å²) in [4.78, 5) is 16.8. The Morgan fingerprint density at radius 1 is 1.11 bits per heavy atom. The van der Waals surface area contributed by atoms with Gasteiger partial charge in [-0.05, 0) is 36.4 Å². The minimum atomic E-state index is 0.201. The summed E-state index contributed by atoms with van der Waals surface area (Å²) in [5, 5.41) is 13.0. The number of piperazine rings is 1. The molecule has 1 fully saturated rings. The summed E-state index contributed by atoms with van der Waals surface area (Å²) in [6.45, 7) is 3.19. The quantitative estimate of drug-likeness (QED) is 0.588. The van der Waals surface area contributed by atoms with E-state index >= 15 is 0 Å². The minimum Gasteiger partial charge on any atom is -0.497 e. The molecule has 0 radical (unpaired) electrons. The molecule has 0 saturated carbocycles. The Hall–Kier alpha value is -2.81. The lowest BCUT2D eigenvalue weighted by Crippen LogP contribution is -2.48. The van der Waals surface area contributed by atoms with Crippen LogP contribution in [-0.2, 0) is 4.79 Å². The van der Waals surface area contributed by atoms with Gasteiger partial charge in [-0.1, -0.05) is 0 Å². The van der Waals surface area contributed by atoms with Gasteiger partial charge in [-0.15, -0.1) is 22.0 Å². The van der Waals surface area contributed by atoms with Crippen molar-refractivity contribution in [1.29, 1.82) is 0 Å². The fraction of sp³-hybridized carbons (Fsp3) is 0.368. The lowest BCUT2D eigenvalue weighted by Gasteiger charge is -2.36. The molecule has 9 heteroatoms. The molecule has 28 heavy (non-hydrogen) atoms. The van der Waals surface area contributed by atoms with Crippen LogP contribution in [-0.4, -0.2) is 69.7 Å². The number of fused-ring (bicyclic) bond motifs is 1. The van der Waals surface area contributed by atoms with E-state index in [9.17, 15) is 4.79 Å². The molecule has 4 rings (SSSR count). The van der Waals surface area contributed by atoms with Gasteiger partial charge in [0.1, 0.15) is 17.1 Å². The van der Waals surface area contributed by atoms with Crippen molar-refractivity contribution in [3.8, 4) is 5.75 Å². The third-order valence-electron chi connectivity index (χ3n) is 4.77. The molecule has 0 atom stereocenters. The standard InChI is InChI=1S/C19H22N6O2S/c1-27-16-4-2-15(3-5-16)23-9-11-24(12-10-23)19(26)8-13-28-18-7-6-17-21-20-14-25(17)22-18/h2-7,14H,8-13H2,1H3. The van der Waals surface area contributed by atoms with Crippen molar-refractivity contribution in [2.24, 2.45) is 0 Å². The Kier molecular flexibility index (Phi) is 5.61. The van der Waals surface area contributed by atoms with Gasteiger partial charge in [-0.25, -0.2) is 0 Å². The second-order valence-electron chi connectivity index (χ2n) is 6.47. The van der Waals surface area contributed by atoms with E-state index in [4.69, 9.17) is 4.74 Å². The van der Waals surface area contributed by atoms with E-state index in [0.29, 0.717) is 12.2 Å². The predicted molar refractivity (Wildman–Crippen MR) is 108 cm³/mol. The van der Waals surface area contributed by atoms with Crippen LogP contribution in [0.4, 0.5) is 5.69 Å². The average molecular weight is 398 g/mol. The van der Waals surface area contributed by atoms with Gasteiger partial charge in [-0.2, -0.15) is 9.61 Å². The summed E-state index contributed by atoms with van der Waals surface area (Å²) in [6, 6.07) is 11.8. The van der Waals surface area contributed by atoms with Crippen molar-refractivity contribution in [3.05, 3.63) is 42.7 Å². The first-order valence-corrected chi connectivity index (χ1v) is 10.2. The number of benzene rings is 1. The number of methoxy groups -OCH3 is 1.